The van der Waals surface area contributed by atoms with Gasteiger partial charge in [-0.05, 0) is 12.1 Å². The minimum atomic E-state index is -4.87. The third-order valence-electron chi connectivity index (χ3n) is 2.66. The Morgan fingerprint density at radius 3 is 2.59 bits per heavy atom. The second-order valence-electron chi connectivity index (χ2n) is 4.26. The van der Waals surface area contributed by atoms with Crippen LogP contribution >= 0.6 is 11.6 Å². The highest BCUT2D eigenvalue weighted by molar-refractivity contribution is 6.30. The van der Waals surface area contributed by atoms with Crippen LogP contribution in [0.25, 0.3) is 11.1 Å². The highest BCUT2D eigenvalue weighted by Crippen LogP contribution is 2.36. The van der Waals surface area contributed by atoms with Crippen molar-refractivity contribution in [3.8, 4) is 16.9 Å². The number of ether oxygens (including phenoxy) is 1. The summed E-state index contributed by atoms with van der Waals surface area (Å²) in [6.07, 6.45) is -4.08. The first-order chi connectivity index (χ1) is 10.3. The number of pyridine rings is 1. The minimum Gasteiger partial charge on any atom is -0.481 e. The monoisotopic (exact) mass is 331 g/mol. The summed E-state index contributed by atoms with van der Waals surface area (Å²) in [6.45, 7) is 0. The van der Waals surface area contributed by atoms with E-state index in [1.54, 1.807) is 0 Å². The molecule has 0 fully saturated rings. The van der Waals surface area contributed by atoms with Crippen LogP contribution in [0, 0.1) is 0 Å². The van der Waals surface area contributed by atoms with Gasteiger partial charge in [-0.25, -0.2) is 0 Å². The molecule has 0 amide bonds. The molecule has 2 aromatic rings. The molecule has 116 valence electrons. The number of hydrogen-bond acceptors (Lipinski definition) is 3. The Balaban J connectivity index is 2.56. The lowest BCUT2D eigenvalue weighted by atomic mass is 10.0. The lowest BCUT2D eigenvalue weighted by Gasteiger charge is -2.15. The van der Waals surface area contributed by atoms with Gasteiger partial charge in [-0.3, -0.25) is 9.78 Å². The number of carbonyl (C=O) groups is 1. The number of para-hydroxylation sites is 1. The molecule has 22 heavy (non-hydrogen) atoms. The first-order valence-electron chi connectivity index (χ1n) is 5.97. The molecule has 0 atom stereocenters. The molecule has 0 spiro atoms. The standard InChI is InChI=1S/C14H9ClF3NO3/c15-8-5-10(11(19-7-8)6-13(20)21)9-3-1-2-4-12(9)22-14(16,17)18/h1-5,7H,6H2,(H,20,21). The van der Waals surface area contributed by atoms with Crippen molar-refractivity contribution in [1.82, 2.24) is 4.98 Å². The summed E-state index contributed by atoms with van der Waals surface area (Å²) < 4.78 is 41.4. The van der Waals surface area contributed by atoms with E-state index in [1.807, 2.05) is 0 Å². The molecule has 8 heteroatoms. The summed E-state index contributed by atoms with van der Waals surface area (Å²) in [6, 6.07) is 6.74. The fourth-order valence-electron chi connectivity index (χ4n) is 1.89. The zero-order chi connectivity index (χ0) is 16.3. The van der Waals surface area contributed by atoms with Crippen molar-refractivity contribution in [2.24, 2.45) is 0 Å². The number of carboxylic acids is 1. The van der Waals surface area contributed by atoms with Crippen LogP contribution in [-0.4, -0.2) is 22.4 Å². The van der Waals surface area contributed by atoms with Gasteiger partial charge in [0.15, 0.2) is 0 Å². The second-order valence-corrected chi connectivity index (χ2v) is 4.70. The van der Waals surface area contributed by atoms with E-state index in [2.05, 4.69) is 9.72 Å². The van der Waals surface area contributed by atoms with Gasteiger partial charge in [-0.2, -0.15) is 0 Å². The predicted molar refractivity (Wildman–Crippen MR) is 72.7 cm³/mol. The summed E-state index contributed by atoms with van der Waals surface area (Å²) in [7, 11) is 0. The molecule has 1 aromatic carbocycles. The Labute approximate surface area is 128 Å². The van der Waals surface area contributed by atoms with Gasteiger partial charge >= 0.3 is 12.3 Å². The van der Waals surface area contributed by atoms with Crippen molar-refractivity contribution in [3.05, 3.63) is 47.2 Å². The minimum absolute atomic E-state index is 0.0612. The first kappa shape index (κ1) is 16.1. The topological polar surface area (TPSA) is 59.4 Å². The van der Waals surface area contributed by atoms with Crippen LogP contribution in [0.2, 0.25) is 5.02 Å². The summed E-state index contributed by atoms with van der Waals surface area (Å²) in [4.78, 5) is 14.7. The van der Waals surface area contributed by atoms with Crippen molar-refractivity contribution in [2.75, 3.05) is 0 Å². The maximum atomic E-state index is 12.5. The average Bonchev–Trinajstić information content (AvgIpc) is 2.39. The number of carboxylic acid groups (broad SMARTS) is 1. The summed E-state index contributed by atoms with van der Waals surface area (Å²) >= 11 is 5.82. The van der Waals surface area contributed by atoms with Gasteiger partial charge in [0, 0.05) is 17.3 Å². The van der Waals surface area contributed by atoms with Crippen LogP contribution in [0.1, 0.15) is 5.69 Å². The second kappa shape index (κ2) is 6.23. The first-order valence-corrected chi connectivity index (χ1v) is 6.35. The molecule has 1 heterocycles. The molecule has 2 rings (SSSR count). The van der Waals surface area contributed by atoms with E-state index in [0.29, 0.717) is 0 Å². The molecule has 0 radical (unpaired) electrons. The Kier molecular flexibility index (Phi) is 4.56. The van der Waals surface area contributed by atoms with Crippen molar-refractivity contribution < 1.29 is 27.8 Å². The van der Waals surface area contributed by atoms with Crippen molar-refractivity contribution in [1.29, 1.82) is 0 Å². The van der Waals surface area contributed by atoms with Gasteiger partial charge in [0.25, 0.3) is 0 Å². The molecular formula is C14H9ClF3NO3. The Morgan fingerprint density at radius 2 is 1.95 bits per heavy atom. The molecule has 4 nitrogen and oxygen atoms in total. The van der Waals surface area contributed by atoms with Crippen LogP contribution in [0.5, 0.6) is 5.75 Å². The van der Waals surface area contributed by atoms with Gasteiger partial charge in [0.05, 0.1) is 17.1 Å². The third-order valence-corrected chi connectivity index (χ3v) is 2.87. The number of nitrogens with zero attached hydrogens (tertiary/aromatic N) is 1. The molecule has 1 N–H and O–H groups in total. The van der Waals surface area contributed by atoms with E-state index in [-0.39, 0.29) is 21.8 Å². The van der Waals surface area contributed by atoms with Crippen molar-refractivity contribution in [3.63, 3.8) is 0 Å². The quantitative estimate of drug-likeness (QED) is 0.922. The largest absolute Gasteiger partial charge is 0.573 e. The van der Waals surface area contributed by atoms with Crippen LogP contribution < -0.4 is 4.74 Å². The number of benzene rings is 1. The maximum Gasteiger partial charge on any atom is 0.573 e. The van der Waals surface area contributed by atoms with E-state index in [4.69, 9.17) is 16.7 Å². The molecule has 1 aromatic heterocycles. The zero-order valence-corrected chi connectivity index (χ0v) is 11.6. The number of aromatic nitrogens is 1. The molecule has 0 aliphatic carbocycles. The number of hydrogen-bond donors (Lipinski definition) is 1. The van der Waals surface area contributed by atoms with Gasteiger partial charge in [-0.15, -0.1) is 13.2 Å². The SMILES string of the molecule is O=C(O)Cc1ncc(Cl)cc1-c1ccccc1OC(F)(F)F. The Hall–Kier alpha value is -2.28. The zero-order valence-electron chi connectivity index (χ0n) is 10.9. The predicted octanol–water partition coefficient (Wildman–Crippen LogP) is 3.93. The number of alkyl halides is 3. The van der Waals surface area contributed by atoms with Crippen molar-refractivity contribution in [2.45, 2.75) is 12.8 Å². The van der Waals surface area contributed by atoms with Crippen molar-refractivity contribution >= 4 is 17.6 Å². The molecule has 0 saturated carbocycles. The summed E-state index contributed by atoms with van der Waals surface area (Å²) in [5, 5.41) is 9.05. The smallest absolute Gasteiger partial charge is 0.481 e. The van der Waals surface area contributed by atoms with Crippen LogP contribution in [0.15, 0.2) is 36.5 Å². The summed E-state index contributed by atoms with van der Waals surface area (Å²) in [5.41, 5.74) is 0.330. The maximum absolute atomic E-state index is 12.5. The molecule has 0 aliphatic rings. The van der Waals surface area contributed by atoms with Gasteiger partial charge in [-0.1, -0.05) is 29.8 Å². The lowest BCUT2D eigenvalue weighted by molar-refractivity contribution is -0.274. The Bertz CT molecular complexity index is 704. The van der Waals surface area contributed by atoms with Gasteiger partial charge < -0.3 is 9.84 Å². The average molecular weight is 332 g/mol. The van der Waals surface area contributed by atoms with Crippen LogP contribution in [-0.2, 0) is 11.2 Å². The van der Waals surface area contributed by atoms with E-state index < -0.39 is 24.5 Å². The summed E-state index contributed by atoms with van der Waals surface area (Å²) in [5.74, 6) is -1.61. The molecule has 0 aliphatic heterocycles. The van der Waals surface area contributed by atoms with Crippen LogP contribution in [0.4, 0.5) is 13.2 Å². The molecule has 0 saturated heterocycles. The Morgan fingerprint density at radius 1 is 1.27 bits per heavy atom. The van der Waals surface area contributed by atoms with E-state index in [1.165, 1.54) is 30.5 Å². The highest BCUT2D eigenvalue weighted by atomic mass is 35.5. The van der Waals surface area contributed by atoms with Gasteiger partial charge in [0.2, 0.25) is 0 Å². The van der Waals surface area contributed by atoms with E-state index in [0.717, 1.165) is 6.07 Å². The normalized spacial score (nSPS) is 11.3. The van der Waals surface area contributed by atoms with E-state index >= 15 is 0 Å². The molecule has 0 unspecified atom stereocenters. The third kappa shape index (κ3) is 4.11. The number of rotatable bonds is 4. The van der Waals surface area contributed by atoms with E-state index in [9.17, 15) is 18.0 Å². The fourth-order valence-corrected chi connectivity index (χ4v) is 2.05. The number of halogens is 4. The van der Waals surface area contributed by atoms with Gasteiger partial charge in [0.1, 0.15) is 5.75 Å². The van der Waals surface area contributed by atoms with Crippen LogP contribution in [0.3, 0.4) is 0 Å². The number of aliphatic carboxylic acids is 1. The molecular weight excluding hydrogens is 323 g/mol. The highest BCUT2D eigenvalue weighted by Gasteiger charge is 2.32. The lowest BCUT2D eigenvalue weighted by Crippen LogP contribution is -2.17. The molecule has 0 bridgehead atoms. The fraction of sp³-hybridized carbons (Fsp3) is 0.143.